The van der Waals surface area contributed by atoms with E-state index in [9.17, 15) is 0 Å². The van der Waals surface area contributed by atoms with Crippen LogP contribution in [0.4, 0.5) is 0 Å². The molecule has 0 radical (unpaired) electrons. The lowest BCUT2D eigenvalue weighted by atomic mass is 10.0. The maximum absolute atomic E-state index is 6.35. The lowest BCUT2D eigenvalue weighted by Crippen LogP contribution is -2.21. The summed E-state index contributed by atoms with van der Waals surface area (Å²) in [5.41, 5.74) is 7.07. The summed E-state index contributed by atoms with van der Waals surface area (Å²) in [6.45, 7) is 4.24. The summed E-state index contributed by atoms with van der Waals surface area (Å²) in [5, 5.41) is 0.576. The molecule has 1 aliphatic rings. The van der Waals surface area contributed by atoms with E-state index in [1.807, 2.05) is 12.1 Å². The van der Waals surface area contributed by atoms with Crippen LogP contribution in [0.25, 0.3) is 0 Å². The third-order valence-corrected chi connectivity index (χ3v) is 4.08. The van der Waals surface area contributed by atoms with Gasteiger partial charge in [0.1, 0.15) is 0 Å². The second-order valence-electron chi connectivity index (χ2n) is 5.52. The van der Waals surface area contributed by atoms with E-state index in [2.05, 4.69) is 6.92 Å². The number of hydrogen-bond donors (Lipinski definition) is 1. The average molecular weight is 314 g/mol. The van der Waals surface area contributed by atoms with Crippen LogP contribution in [-0.4, -0.2) is 33.0 Å². The van der Waals surface area contributed by atoms with Gasteiger partial charge in [-0.2, -0.15) is 0 Å². The molecule has 0 bridgehead atoms. The van der Waals surface area contributed by atoms with Crippen LogP contribution in [0.3, 0.4) is 0 Å². The first kappa shape index (κ1) is 16.4. The summed E-state index contributed by atoms with van der Waals surface area (Å²) in [6.07, 6.45) is 2.74. The Balaban J connectivity index is 2.08. The van der Waals surface area contributed by atoms with E-state index in [1.165, 1.54) is 0 Å². The molecule has 0 amide bonds. The maximum atomic E-state index is 6.35. The second-order valence-corrected chi connectivity index (χ2v) is 5.93. The molecule has 1 saturated heterocycles. The van der Waals surface area contributed by atoms with Gasteiger partial charge in [-0.25, -0.2) is 0 Å². The molecular weight excluding hydrogens is 290 g/mol. The number of ether oxygens (including phenoxy) is 3. The lowest BCUT2D eigenvalue weighted by molar-refractivity contribution is 0.165. The Labute approximate surface area is 131 Å². The van der Waals surface area contributed by atoms with Crippen LogP contribution < -0.4 is 15.2 Å². The van der Waals surface area contributed by atoms with Gasteiger partial charge in [-0.15, -0.1) is 0 Å². The van der Waals surface area contributed by atoms with Crippen LogP contribution in [0.15, 0.2) is 12.1 Å². The summed E-state index contributed by atoms with van der Waals surface area (Å²) < 4.78 is 16.6. The third kappa shape index (κ3) is 4.50. The Morgan fingerprint density at radius 1 is 1.48 bits per heavy atom. The fourth-order valence-corrected chi connectivity index (χ4v) is 2.68. The van der Waals surface area contributed by atoms with Crippen LogP contribution in [0, 0.1) is 5.92 Å². The first-order valence-corrected chi connectivity index (χ1v) is 7.84. The minimum Gasteiger partial charge on any atom is -0.493 e. The van der Waals surface area contributed by atoms with Crippen LogP contribution >= 0.6 is 11.6 Å². The molecule has 21 heavy (non-hydrogen) atoms. The predicted molar refractivity (Wildman–Crippen MR) is 84.4 cm³/mol. The summed E-state index contributed by atoms with van der Waals surface area (Å²) in [5.74, 6) is 1.71. The zero-order chi connectivity index (χ0) is 15.2. The van der Waals surface area contributed by atoms with E-state index in [1.54, 1.807) is 7.11 Å². The molecule has 2 atom stereocenters. The highest BCUT2D eigenvalue weighted by Gasteiger charge is 2.19. The number of hydrogen-bond acceptors (Lipinski definition) is 4. The molecule has 2 rings (SSSR count). The van der Waals surface area contributed by atoms with Crippen molar-refractivity contribution in [3.63, 3.8) is 0 Å². The fourth-order valence-electron chi connectivity index (χ4n) is 2.39. The average Bonchev–Trinajstić information content (AvgIpc) is 2.98. The molecule has 1 aliphatic heterocycles. The fraction of sp³-hybridized carbons (Fsp3) is 0.625. The van der Waals surface area contributed by atoms with Crippen LogP contribution in [0.5, 0.6) is 11.5 Å². The van der Waals surface area contributed by atoms with Gasteiger partial charge in [-0.3, -0.25) is 0 Å². The highest BCUT2D eigenvalue weighted by atomic mass is 35.5. The topological polar surface area (TPSA) is 53.7 Å². The molecular formula is C16H24ClNO3. The standard InChI is InChI=1S/C16H24ClNO3/c1-3-13(18)6-12-7-14(17)16(15(8-12)19-2)21-10-11-4-5-20-9-11/h7-8,11,13H,3-6,9-10,18H2,1-2H3. The Morgan fingerprint density at radius 2 is 2.29 bits per heavy atom. The van der Waals surface area contributed by atoms with Gasteiger partial charge in [0.05, 0.1) is 25.3 Å². The van der Waals surface area contributed by atoms with E-state index in [4.69, 9.17) is 31.5 Å². The van der Waals surface area contributed by atoms with Crippen LogP contribution in [0.2, 0.25) is 5.02 Å². The van der Waals surface area contributed by atoms with Crippen molar-refractivity contribution in [2.75, 3.05) is 26.9 Å². The molecule has 2 N–H and O–H groups in total. The molecule has 0 saturated carbocycles. The van der Waals surface area contributed by atoms with Crippen molar-refractivity contribution in [1.82, 2.24) is 0 Å². The lowest BCUT2D eigenvalue weighted by Gasteiger charge is -2.17. The molecule has 1 aromatic rings. The molecule has 0 aromatic heterocycles. The monoisotopic (exact) mass is 313 g/mol. The normalized spacial score (nSPS) is 19.5. The van der Waals surface area contributed by atoms with Gasteiger partial charge < -0.3 is 19.9 Å². The SMILES string of the molecule is CCC(N)Cc1cc(Cl)c(OCC2CCOC2)c(OC)c1. The zero-order valence-corrected chi connectivity index (χ0v) is 13.5. The number of halogens is 1. The molecule has 5 heteroatoms. The third-order valence-electron chi connectivity index (χ3n) is 3.80. The van der Waals surface area contributed by atoms with Gasteiger partial charge >= 0.3 is 0 Å². The molecule has 0 aliphatic carbocycles. The molecule has 1 heterocycles. The van der Waals surface area contributed by atoms with E-state index in [0.29, 0.717) is 29.0 Å². The van der Waals surface area contributed by atoms with Crippen molar-refractivity contribution in [2.45, 2.75) is 32.2 Å². The van der Waals surface area contributed by atoms with Crippen molar-refractivity contribution >= 4 is 11.6 Å². The van der Waals surface area contributed by atoms with Gasteiger partial charge in [0.2, 0.25) is 0 Å². The summed E-state index contributed by atoms with van der Waals surface area (Å²) >= 11 is 6.35. The van der Waals surface area contributed by atoms with Gasteiger partial charge in [-0.05, 0) is 37.0 Å². The predicted octanol–water partition coefficient (Wildman–Crippen LogP) is 3.04. The number of benzene rings is 1. The minimum absolute atomic E-state index is 0.133. The van der Waals surface area contributed by atoms with Crippen molar-refractivity contribution < 1.29 is 14.2 Å². The first-order chi connectivity index (χ1) is 10.1. The Morgan fingerprint density at radius 3 is 2.90 bits per heavy atom. The second kappa shape index (κ2) is 7.87. The van der Waals surface area contributed by atoms with Gasteiger partial charge in [0, 0.05) is 18.6 Å². The molecule has 118 valence electrons. The van der Waals surface area contributed by atoms with Crippen molar-refractivity contribution in [1.29, 1.82) is 0 Å². The van der Waals surface area contributed by atoms with E-state index in [0.717, 1.165) is 38.0 Å². The number of methoxy groups -OCH3 is 1. The molecule has 4 nitrogen and oxygen atoms in total. The summed E-state index contributed by atoms with van der Waals surface area (Å²) in [6, 6.07) is 4.01. The number of nitrogens with two attached hydrogens (primary N) is 1. The van der Waals surface area contributed by atoms with Crippen LogP contribution in [-0.2, 0) is 11.2 Å². The van der Waals surface area contributed by atoms with Gasteiger partial charge in [0.25, 0.3) is 0 Å². The maximum Gasteiger partial charge on any atom is 0.179 e. The highest BCUT2D eigenvalue weighted by molar-refractivity contribution is 6.32. The smallest absolute Gasteiger partial charge is 0.179 e. The molecule has 1 aromatic carbocycles. The summed E-state index contributed by atoms with van der Waals surface area (Å²) in [4.78, 5) is 0. The molecule has 2 unspecified atom stereocenters. The first-order valence-electron chi connectivity index (χ1n) is 7.46. The van der Waals surface area contributed by atoms with Crippen molar-refractivity contribution in [3.05, 3.63) is 22.7 Å². The van der Waals surface area contributed by atoms with Gasteiger partial charge in [-0.1, -0.05) is 18.5 Å². The molecule has 0 spiro atoms. The van der Waals surface area contributed by atoms with Crippen LogP contribution in [0.1, 0.15) is 25.3 Å². The Kier molecular flexibility index (Phi) is 6.15. The van der Waals surface area contributed by atoms with E-state index < -0.39 is 0 Å². The Hall–Kier alpha value is -0.970. The van der Waals surface area contributed by atoms with E-state index >= 15 is 0 Å². The molecule has 1 fully saturated rings. The zero-order valence-electron chi connectivity index (χ0n) is 12.7. The van der Waals surface area contributed by atoms with E-state index in [-0.39, 0.29) is 6.04 Å². The van der Waals surface area contributed by atoms with Gasteiger partial charge in [0.15, 0.2) is 11.5 Å². The largest absolute Gasteiger partial charge is 0.493 e. The highest BCUT2D eigenvalue weighted by Crippen LogP contribution is 2.37. The summed E-state index contributed by atoms with van der Waals surface area (Å²) in [7, 11) is 1.63. The Bertz CT molecular complexity index is 461. The number of rotatable bonds is 7. The minimum atomic E-state index is 0.133. The van der Waals surface area contributed by atoms with Crippen molar-refractivity contribution in [3.8, 4) is 11.5 Å². The van der Waals surface area contributed by atoms with Crippen molar-refractivity contribution in [2.24, 2.45) is 11.7 Å². The quantitative estimate of drug-likeness (QED) is 0.840.